The van der Waals surface area contributed by atoms with E-state index < -0.39 is 5.92 Å². The van der Waals surface area contributed by atoms with Crippen LogP contribution >= 0.6 is 15.9 Å². The maximum Gasteiger partial charge on any atom is 0.205 e. The normalized spacial score (nSPS) is 15.6. The van der Waals surface area contributed by atoms with Crippen molar-refractivity contribution in [1.82, 2.24) is 4.57 Å². The molecule has 2 aromatic carbocycles. The quantitative estimate of drug-likeness (QED) is 0.441. The fourth-order valence-corrected chi connectivity index (χ4v) is 5.21. The SMILES string of the molecule is CCC(N)(CC)Cn1ccc2c3c(ccc21)C(c1cc(Br)c(OC)c(OC)c1)C(C#N)=C(N)O3. The first-order valence-corrected chi connectivity index (χ1v) is 12.0. The van der Waals surface area contributed by atoms with Gasteiger partial charge in [-0.1, -0.05) is 19.9 Å². The number of hydrogen-bond donors (Lipinski definition) is 2. The maximum absolute atomic E-state index is 9.96. The highest BCUT2D eigenvalue weighted by molar-refractivity contribution is 9.10. The summed E-state index contributed by atoms with van der Waals surface area (Å²) in [5.41, 5.74) is 15.6. The van der Waals surface area contributed by atoms with E-state index in [1.165, 1.54) is 0 Å². The smallest absolute Gasteiger partial charge is 0.205 e. The van der Waals surface area contributed by atoms with Crippen LogP contribution in [0.25, 0.3) is 10.9 Å². The number of nitriles is 1. The number of rotatable bonds is 7. The number of fused-ring (bicyclic) bond motifs is 3. The van der Waals surface area contributed by atoms with Gasteiger partial charge in [0.25, 0.3) is 0 Å². The van der Waals surface area contributed by atoms with Crippen LogP contribution in [0, 0.1) is 11.3 Å². The molecule has 34 heavy (non-hydrogen) atoms. The molecule has 7 nitrogen and oxygen atoms in total. The lowest BCUT2D eigenvalue weighted by Crippen LogP contribution is -2.42. The Kier molecular flexibility index (Phi) is 6.52. The van der Waals surface area contributed by atoms with Gasteiger partial charge < -0.3 is 30.2 Å². The Balaban J connectivity index is 1.90. The summed E-state index contributed by atoms with van der Waals surface area (Å²) < 4.78 is 19.9. The second-order valence-corrected chi connectivity index (χ2v) is 9.45. The molecule has 1 aliphatic heterocycles. The predicted molar refractivity (Wildman–Crippen MR) is 136 cm³/mol. The number of nitrogens with two attached hydrogens (primary N) is 2. The minimum atomic E-state index is -0.419. The number of ether oxygens (including phenoxy) is 3. The number of nitrogens with zero attached hydrogens (tertiary/aromatic N) is 2. The van der Waals surface area contributed by atoms with Crippen LogP contribution in [0.2, 0.25) is 0 Å². The molecule has 0 saturated carbocycles. The van der Waals surface area contributed by atoms with Gasteiger partial charge in [0, 0.05) is 29.2 Å². The van der Waals surface area contributed by atoms with Crippen LogP contribution in [0.4, 0.5) is 0 Å². The van der Waals surface area contributed by atoms with Crippen LogP contribution in [0.5, 0.6) is 17.2 Å². The Bertz CT molecular complexity index is 1320. The first kappa shape index (κ1) is 24.0. The molecule has 4 N–H and O–H groups in total. The average molecular weight is 525 g/mol. The van der Waals surface area contributed by atoms with Crippen LogP contribution in [0.1, 0.15) is 43.7 Å². The zero-order valence-corrected chi connectivity index (χ0v) is 21.4. The van der Waals surface area contributed by atoms with Crippen molar-refractivity contribution in [2.75, 3.05) is 14.2 Å². The molecule has 1 aliphatic rings. The molecule has 3 aromatic rings. The lowest BCUT2D eigenvalue weighted by molar-refractivity contribution is 0.344. The van der Waals surface area contributed by atoms with E-state index in [0.717, 1.165) is 39.3 Å². The highest BCUT2D eigenvalue weighted by Gasteiger charge is 2.33. The molecule has 1 atom stereocenters. The summed E-state index contributed by atoms with van der Waals surface area (Å²) in [5, 5.41) is 10.9. The van der Waals surface area contributed by atoms with Crippen molar-refractivity contribution in [3.63, 3.8) is 0 Å². The van der Waals surface area contributed by atoms with Gasteiger partial charge in [0.1, 0.15) is 17.4 Å². The monoisotopic (exact) mass is 524 g/mol. The van der Waals surface area contributed by atoms with Gasteiger partial charge in [0.2, 0.25) is 5.88 Å². The zero-order valence-electron chi connectivity index (χ0n) is 19.8. The minimum Gasteiger partial charge on any atom is -0.493 e. The fourth-order valence-electron chi connectivity index (χ4n) is 4.59. The lowest BCUT2D eigenvalue weighted by atomic mass is 9.83. The molecule has 0 fully saturated rings. The number of allylic oxidation sites excluding steroid dienone is 1. The van der Waals surface area contributed by atoms with Crippen molar-refractivity contribution in [2.45, 2.75) is 44.7 Å². The minimum absolute atomic E-state index is 0.0986. The second kappa shape index (κ2) is 9.24. The van der Waals surface area contributed by atoms with Crippen molar-refractivity contribution >= 4 is 26.8 Å². The Hall–Kier alpha value is -3.15. The lowest BCUT2D eigenvalue weighted by Gasteiger charge is -2.29. The van der Waals surface area contributed by atoms with Gasteiger partial charge in [-0.3, -0.25) is 0 Å². The van der Waals surface area contributed by atoms with E-state index >= 15 is 0 Å². The van der Waals surface area contributed by atoms with Crippen LogP contribution in [0.15, 0.2) is 52.5 Å². The fraction of sp³-hybridized carbons (Fsp3) is 0.346. The molecule has 8 heteroatoms. The molecule has 0 amide bonds. The summed E-state index contributed by atoms with van der Waals surface area (Å²) >= 11 is 3.57. The van der Waals surface area contributed by atoms with Gasteiger partial charge in [0.05, 0.1) is 30.1 Å². The molecule has 0 spiro atoms. The van der Waals surface area contributed by atoms with E-state index in [9.17, 15) is 5.26 Å². The molecule has 0 aliphatic carbocycles. The Labute approximate surface area is 208 Å². The van der Waals surface area contributed by atoms with Crippen molar-refractivity contribution in [2.24, 2.45) is 11.5 Å². The van der Waals surface area contributed by atoms with Crippen LogP contribution in [-0.2, 0) is 6.54 Å². The van der Waals surface area contributed by atoms with Crippen molar-refractivity contribution in [3.8, 4) is 23.3 Å². The highest BCUT2D eigenvalue weighted by Crippen LogP contribution is 2.48. The summed E-state index contributed by atoms with van der Waals surface area (Å²) in [6, 6.07) is 12.1. The molecule has 0 bridgehead atoms. The second-order valence-electron chi connectivity index (χ2n) is 8.59. The van der Waals surface area contributed by atoms with E-state index in [0.29, 0.717) is 29.4 Å². The van der Waals surface area contributed by atoms with E-state index in [-0.39, 0.29) is 11.4 Å². The summed E-state index contributed by atoms with van der Waals surface area (Å²) in [4.78, 5) is 0. The summed E-state index contributed by atoms with van der Waals surface area (Å²) in [6.45, 7) is 4.92. The number of halogens is 1. The van der Waals surface area contributed by atoms with Crippen LogP contribution in [0.3, 0.4) is 0 Å². The third-order valence-corrected chi connectivity index (χ3v) is 7.40. The van der Waals surface area contributed by atoms with Gasteiger partial charge in [-0.05, 0) is 58.6 Å². The summed E-state index contributed by atoms with van der Waals surface area (Å²) in [6.07, 6.45) is 3.78. The largest absolute Gasteiger partial charge is 0.493 e. The summed E-state index contributed by atoms with van der Waals surface area (Å²) in [7, 11) is 3.16. The average Bonchev–Trinajstić information content (AvgIpc) is 3.25. The number of hydrogen-bond acceptors (Lipinski definition) is 6. The van der Waals surface area contributed by atoms with Crippen molar-refractivity contribution in [3.05, 3.63) is 63.6 Å². The van der Waals surface area contributed by atoms with Gasteiger partial charge in [0.15, 0.2) is 11.5 Å². The van der Waals surface area contributed by atoms with Gasteiger partial charge in [-0.15, -0.1) is 0 Å². The van der Waals surface area contributed by atoms with E-state index in [2.05, 4.69) is 46.5 Å². The van der Waals surface area contributed by atoms with Gasteiger partial charge >= 0.3 is 0 Å². The van der Waals surface area contributed by atoms with Crippen LogP contribution in [-0.4, -0.2) is 24.3 Å². The van der Waals surface area contributed by atoms with E-state index in [4.69, 9.17) is 25.7 Å². The molecule has 1 unspecified atom stereocenters. The number of aromatic nitrogens is 1. The molecule has 0 saturated heterocycles. The number of methoxy groups -OCH3 is 2. The van der Waals surface area contributed by atoms with Crippen LogP contribution < -0.4 is 25.7 Å². The molecule has 4 rings (SSSR count). The maximum atomic E-state index is 9.96. The standard InChI is InChI=1S/C26H29BrN4O3/c1-5-26(30,6-2)14-31-10-9-16-20(31)8-7-17-22(18(13-28)25(29)34-23(16)17)15-11-19(27)24(33-4)21(12-15)32-3/h7-12,22H,5-6,14,29-30H2,1-4H3. The Morgan fingerprint density at radius 1 is 1.18 bits per heavy atom. The molecular weight excluding hydrogens is 496 g/mol. The number of benzene rings is 2. The Morgan fingerprint density at radius 3 is 2.53 bits per heavy atom. The van der Waals surface area contributed by atoms with Crippen molar-refractivity contribution in [1.29, 1.82) is 5.26 Å². The first-order chi connectivity index (χ1) is 16.3. The Morgan fingerprint density at radius 2 is 1.91 bits per heavy atom. The molecular formula is C26H29BrN4O3. The molecule has 0 radical (unpaired) electrons. The third-order valence-electron chi connectivity index (χ3n) is 6.81. The van der Waals surface area contributed by atoms with Gasteiger partial charge in [-0.25, -0.2) is 0 Å². The van der Waals surface area contributed by atoms with Gasteiger partial charge in [-0.2, -0.15) is 5.26 Å². The first-order valence-electron chi connectivity index (χ1n) is 11.2. The topological polar surface area (TPSA) is 108 Å². The third kappa shape index (κ3) is 3.89. The highest BCUT2D eigenvalue weighted by atomic mass is 79.9. The van der Waals surface area contributed by atoms with E-state index in [1.807, 2.05) is 30.5 Å². The molecule has 178 valence electrons. The summed E-state index contributed by atoms with van der Waals surface area (Å²) in [5.74, 6) is 1.47. The molecule has 2 heterocycles. The van der Waals surface area contributed by atoms with E-state index in [1.54, 1.807) is 14.2 Å². The van der Waals surface area contributed by atoms with Crippen molar-refractivity contribution < 1.29 is 14.2 Å². The zero-order chi connectivity index (χ0) is 24.6. The predicted octanol–water partition coefficient (Wildman–Crippen LogP) is 5.16. The molecule has 1 aromatic heterocycles.